The summed E-state index contributed by atoms with van der Waals surface area (Å²) in [5, 5.41) is 0.589. The topological polar surface area (TPSA) is 26.3 Å². The standard InChI is InChI=1S/C17H17ClO2S/c1-3-20-17-9-12(2)15(18)10-14(17)16(19)11-21-13-7-5-4-6-8-13/h4-10H,3,11H2,1-2H3. The molecule has 0 saturated carbocycles. The van der Waals surface area contributed by atoms with Crippen LogP contribution >= 0.6 is 23.4 Å². The molecule has 0 spiro atoms. The summed E-state index contributed by atoms with van der Waals surface area (Å²) in [6.45, 7) is 4.32. The SMILES string of the molecule is CCOc1cc(C)c(Cl)cc1C(=O)CSc1ccccc1. The first-order valence-electron chi connectivity index (χ1n) is 6.75. The highest BCUT2D eigenvalue weighted by molar-refractivity contribution is 8.00. The average Bonchev–Trinajstić information content (AvgIpc) is 2.49. The molecule has 2 nitrogen and oxygen atoms in total. The molecule has 0 saturated heterocycles. The molecule has 0 bridgehead atoms. The van der Waals surface area contributed by atoms with Gasteiger partial charge >= 0.3 is 0 Å². The van der Waals surface area contributed by atoms with Crippen LogP contribution in [0.3, 0.4) is 0 Å². The van der Waals surface area contributed by atoms with Crippen molar-refractivity contribution in [2.75, 3.05) is 12.4 Å². The van der Waals surface area contributed by atoms with Gasteiger partial charge in [0.15, 0.2) is 5.78 Å². The molecular formula is C17H17ClO2S. The zero-order chi connectivity index (χ0) is 15.2. The molecule has 0 aliphatic rings. The second-order valence-electron chi connectivity index (χ2n) is 4.56. The van der Waals surface area contributed by atoms with Crippen LogP contribution in [0.1, 0.15) is 22.8 Å². The Bertz CT molecular complexity index is 626. The highest BCUT2D eigenvalue weighted by Crippen LogP contribution is 2.29. The lowest BCUT2D eigenvalue weighted by Crippen LogP contribution is -2.07. The van der Waals surface area contributed by atoms with Gasteiger partial charge in [-0.2, -0.15) is 0 Å². The first-order valence-corrected chi connectivity index (χ1v) is 8.12. The minimum Gasteiger partial charge on any atom is -0.493 e. The van der Waals surface area contributed by atoms with Gasteiger partial charge in [-0.25, -0.2) is 0 Å². The Morgan fingerprint density at radius 2 is 1.95 bits per heavy atom. The second-order valence-corrected chi connectivity index (χ2v) is 6.01. The molecule has 110 valence electrons. The minimum atomic E-state index is 0.0224. The zero-order valence-corrected chi connectivity index (χ0v) is 13.6. The Morgan fingerprint density at radius 1 is 1.24 bits per heavy atom. The van der Waals surface area contributed by atoms with E-state index >= 15 is 0 Å². The first-order chi connectivity index (χ1) is 10.1. The molecule has 0 amide bonds. The zero-order valence-electron chi connectivity index (χ0n) is 12.1. The lowest BCUT2D eigenvalue weighted by molar-refractivity contribution is 0.101. The molecule has 0 aromatic heterocycles. The minimum absolute atomic E-state index is 0.0224. The van der Waals surface area contributed by atoms with Crippen LogP contribution in [0.5, 0.6) is 5.75 Å². The van der Waals surface area contributed by atoms with Crippen molar-refractivity contribution in [2.24, 2.45) is 0 Å². The molecular weight excluding hydrogens is 304 g/mol. The number of hydrogen-bond acceptors (Lipinski definition) is 3. The van der Waals surface area contributed by atoms with Crippen molar-refractivity contribution in [1.29, 1.82) is 0 Å². The van der Waals surface area contributed by atoms with Crippen LogP contribution < -0.4 is 4.74 Å². The van der Waals surface area contributed by atoms with Crippen molar-refractivity contribution in [3.63, 3.8) is 0 Å². The lowest BCUT2D eigenvalue weighted by atomic mass is 10.1. The number of benzene rings is 2. The van der Waals surface area contributed by atoms with Crippen LogP contribution in [0.15, 0.2) is 47.4 Å². The molecule has 2 rings (SSSR count). The average molecular weight is 321 g/mol. The summed E-state index contributed by atoms with van der Waals surface area (Å²) in [5.74, 6) is 0.996. The number of carbonyl (C=O) groups is 1. The van der Waals surface area contributed by atoms with E-state index in [0.29, 0.717) is 28.7 Å². The molecule has 0 N–H and O–H groups in total. The fraction of sp³-hybridized carbons (Fsp3) is 0.235. The van der Waals surface area contributed by atoms with E-state index in [1.165, 1.54) is 11.8 Å². The summed E-state index contributed by atoms with van der Waals surface area (Å²) in [7, 11) is 0. The normalized spacial score (nSPS) is 10.4. The Kier molecular flexibility index (Phi) is 5.71. The number of rotatable bonds is 6. The van der Waals surface area contributed by atoms with Gasteiger partial charge in [-0.3, -0.25) is 4.79 Å². The Labute approximate surface area is 134 Å². The fourth-order valence-corrected chi connectivity index (χ4v) is 2.86. The molecule has 0 atom stereocenters. The van der Waals surface area contributed by atoms with E-state index in [0.717, 1.165) is 10.5 Å². The molecule has 0 aliphatic heterocycles. The van der Waals surface area contributed by atoms with Crippen molar-refractivity contribution < 1.29 is 9.53 Å². The van der Waals surface area contributed by atoms with E-state index in [2.05, 4.69) is 0 Å². The summed E-state index contributed by atoms with van der Waals surface area (Å²) >= 11 is 7.64. The molecule has 0 aliphatic carbocycles. The van der Waals surface area contributed by atoms with Gasteiger partial charge in [-0.05, 0) is 43.7 Å². The lowest BCUT2D eigenvalue weighted by Gasteiger charge is -2.11. The number of ketones is 1. The molecule has 2 aromatic carbocycles. The smallest absolute Gasteiger partial charge is 0.176 e. The van der Waals surface area contributed by atoms with Gasteiger partial charge in [-0.1, -0.05) is 29.8 Å². The van der Waals surface area contributed by atoms with Crippen molar-refractivity contribution in [2.45, 2.75) is 18.7 Å². The predicted octanol–water partition coefficient (Wildman–Crippen LogP) is 5.02. The van der Waals surface area contributed by atoms with E-state index in [-0.39, 0.29) is 5.78 Å². The maximum atomic E-state index is 12.4. The van der Waals surface area contributed by atoms with Gasteiger partial charge < -0.3 is 4.74 Å². The summed E-state index contributed by atoms with van der Waals surface area (Å²) in [6, 6.07) is 13.4. The quantitative estimate of drug-likeness (QED) is 0.552. The summed E-state index contributed by atoms with van der Waals surface area (Å²) in [5.41, 5.74) is 1.46. The van der Waals surface area contributed by atoms with Crippen LogP contribution in [0.2, 0.25) is 5.02 Å². The largest absolute Gasteiger partial charge is 0.493 e. The number of hydrogen-bond donors (Lipinski definition) is 0. The third kappa shape index (κ3) is 4.26. The number of ether oxygens (including phenoxy) is 1. The van der Waals surface area contributed by atoms with Gasteiger partial charge in [0.1, 0.15) is 5.75 Å². The molecule has 21 heavy (non-hydrogen) atoms. The molecule has 4 heteroatoms. The number of halogens is 1. The maximum Gasteiger partial charge on any atom is 0.176 e. The summed E-state index contributed by atoms with van der Waals surface area (Å²) in [4.78, 5) is 13.5. The summed E-state index contributed by atoms with van der Waals surface area (Å²) < 4.78 is 5.56. The van der Waals surface area contributed by atoms with Crippen molar-refractivity contribution in [3.05, 3.63) is 58.6 Å². The molecule has 0 unspecified atom stereocenters. The van der Waals surface area contributed by atoms with Crippen molar-refractivity contribution in [1.82, 2.24) is 0 Å². The van der Waals surface area contributed by atoms with E-state index in [4.69, 9.17) is 16.3 Å². The van der Waals surface area contributed by atoms with Crippen LogP contribution in [0.25, 0.3) is 0 Å². The van der Waals surface area contributed by atoms with Crippen LogP contribution in [0, 0.1) is 6.92 Å². The number of thioether (sulfide) groups is 1. The molecule has 0 radical (unpaired) electrons. The van der Waals surface area contributed by atoms with E-state index in [1.54, 1.807) is 6.07 Å². The van der Waals surface area contributed by atoms with Crippen LogP contribution in [0.4, 0.5) is 0 Å². The molecule has 2 aromatic rings. The highest BCUT2D eigenvalue weighted by atomic mass is 35.5. The number of carbonyl (C=O) groups excluding carboxylic acids is 1. The van der Waals surface area contributed by atoms with Gasteiger partial charge in [-0.15, -0.1) is 11.8 Å². The maximum absolute atomic E-state index is 12.4. The van der Waals surface area contributed by atoms with Crippen molar-refractivity contribution >= 4 is 29.1 Å². The van der Waals surface area contributed by atoms with Crippen molar-refractivity contribution in [3.8, 4) is 5.75 Å². The third-order valence-electron chi connectivity index (χ3n) is 2.97. The van der Waals surface area contributed by atoms with E-state index in [9.17, 15) is 4.79 Å². The summed E-state index contributed by atoms with van der Waals surface area (Å²) in [6.07, 6.45) is 0. The Morgan fingerprint density at radius 3 is 2.62 bits per heavy atom. The number of Topliss-reactive ketones (excluding diaryl/α,β-unsaturated/α-hetero) is 1. The van der Waals surface area contributed by atoms with Crippen LogP contribution in [-0.2, 0) is 0 Å². The number of aryl methyl sites for hydroxylation is 1. The fourth-order valence-electron chi connectivity index (χ4n) is 1.89. The van der Waals surface area contributed by atoms with Gasteiger partial charge in [0.25, 0.3) is 0 Å². The molecule has 0 heterocycles. The first kappa shape index (κ1) is 15.9. The second kappa shape index (κ2) is 7.53. The molecule has 0 fully saturated rings. The Hall–Kier alpha value is -1.45. The van der Waals surface area contributed by atoms with Gasteiger partial charge in [0, 0.05) is 9.92 Å². The Balaban J connectivity index is 2.16. The monoisotopic (exact) mass is 320 g/mol. The van der Waals surface area contributed by atoms with E-state index < -0.39 is 0 Å². The van der Waals surface area contributed by atoms with Gasteiger partial charge in [0.2, 0.25) is 0 Å². The predicted molar refractivity (Wildman–Crippen MR) is 88.9 cm³/mol. The third-order valence-corrected chi connectivity index (χ3v) is 4.39. The highest BCUT2D eigenvalue weighted by Gasteiger charge is 2.15. The van der Waals surface area contributed by atoms with E-state index in [1.807, 2.05) is 50.2 Å². The van der Waals surface area contributed by atoms with Crippen LogP contribution in [-0.4, -0.2) is 18.1 Å². The van der Waals surface area contributed by atoms with Gasteiger partial charge in [0.05, 0.1) is 17.9 Å².